The van der Waals surface area contributed by atoms with Gasteiger partial charge in [0.05, 0.1) is 11.1 Å². The molecule has 0 atom stereocenters. The Morgan fingerprint density at radius 2 is 2.12 bits per heavy atom. The third-order valence-electron chi connectivity index (χ3n) is 2.04. The number of aromatic nitrogens is 1. The van der Waals surface area contributed by atoms with Crippen LogP contribution in [-0.2, 0) is 0 Å². The molecule has 0 aliphatic heterocycles. The molecule has 0 saturated heterocycles. The molecule has 1 aromatic carbocycles. The van der Waals surface area contributed by atoms with Crippen molar-refractivity contribution in [1.29, 1.82) is 0 Å². The summed E-state index contributed by atoms with van der Waals surface area (Å²) in [6, 6.07) is 3.99. The molecule has 0 aliphatic rings. The Morgan fingerprint density at radius 3 is 2.75 bits per heavy atom. The molecule has 0 unspecified atom stereocenters. The summed E-state index contributed by atoms with van der Waals surface area (Å²) in [6.45, 7) is 0. The molecule has 2 aromatic rings. The van der Waals surface area contributed by atoms with Crippen LogP contribution in [0.5, 0.6) is 0 Å². The molecule has 0 fully saturated rings. The van der Waals surface area contributed by atoms with Crippen LogP contribution in [-0.4, -0.2) is 16.1 Å². The zero-order chi connectivity index (χ0) is 11.9. The summed E-state index contributed by atoms with van der Waals surface area (Å²) in [5, 5.41) is 9.04. The van der Waals surface area contributed by atoms with Gasteiger partial charge < -0.3 is 5.11 Å². The van der Waals surface area contributed by atoms with Gasteiger partial charge in [-0.15, -0.1) is 0 Å². The topological polar surface area (TPSA) is 50.2 Å². The maximum absolute atomic E-state index is 13.1. The molecule has 0 saturated carbocycles. The molecular weight excluding hydrogens is 300 g/mol. The molecule has 0 aliphatic carbocycles. The van der Waals surface area contributed by atoms with Crippen LogP contribution in [0.3, 0.4) is 0 Å². The zero-order valence-corrected chi connectivity index (χ0v) is 10.0. The van der Waals surface area contributed by atoms with Crippen LogP contribution >= 0.6 is 27.5 Å². The normalized spacial score (nSPS) is 10.7. The smallest absolute Gasteiger partial charge is 0.336 e. The summed E-state index contributed by atoms with van der Waals surface area (Å²) < 4.78 is 13.5. The summed E-state index contributed by atoms with van der Waals surface area (Å²) >= 11 is 8.63. The highest BCUT2D eigenvalue weighted by Gasteiger charge is 2.12. The first kappa shape index (κ1) is 11.3. The van der Waals surface area contributed by atoms with Gasteiger partial charge in [0.2, 0.25) is 0 Å². The minimum atomic E-state index is -1.09. The lowest BCUT2D eigenvalue weighted by molar-refractivity contribution is 0.0696. The van der Waals surface area contributed by atoms with Crippen molar-refractivity contribution in [3.63, 3.8) is 0 Å². The summed E-state index contributed by atoms with van der Waals surface area (Å²) in [5.74, 6) is -1.77. The van der Waals surface area contributed by atoms with Crippen molar-refractivity contribution in [3.8, 4) is 0 Å². The second-order valence-electron chi connectivity index (χ2n) is 3.09. The van der Waals surface area contributed by atoms with Gasteiger partial charge in [0.15, 0.2) is 11.0 Å². The number of carbonyl (C=O) groups is 1. The molecule has 0 radical (unpaired) electrons. The van der Waals surface area contributed by atoms with Gasteiger partial charge in [0, 0.05) is 9.86 Å². The summed E-state index contributed by atoms with van der Waals surface area (Å²) in [6.07, 6.45) is 0. The fraction of sp³-hybridized carbons (Fsp3) is 0. The Labute approximate surface area is 103 Å². The number of fused-ring (bicyclic) bond motifs is 1. The number of halogens is 3. The number of nitrogens with zero attached hydrogens (tertiary/aromatic N) is 1. The van der Waals surface area contributed by atoms with Gasteiger partial charge in [-0.2, -0.15) is 0 Å². The quantitative estimate of drug-likeness (QED) is 0.821. The van der Waals surface area contributed by atoms with Crippen molar-refractivity contribution in [2.75, 3.05) is 0 Å². The zero-order valence-electron chi connectivity index (χ0n) is 7.67. The van der Waals surface area contributed by atoms with Crippen LogP contribution in [0, 0.1) is 5.82 Å². The number of pyridine rings is 1. The van der Waals surface area contributed by atoms with Gasteiger partial charge in [-0.3, -0.25) is 0 Å². The molecule has 3 nitrogen and oxygen atoms in total. The van der Waals surface area contributed by atoms with E-state index in [4.69, 9.17) is 16.7 Å². The van der Waals surface area contributed by atoms with E-state index < -0.39 is 11.8 Å². The number of aromatic carboxylic acids is 1. The summed E-state index contributed by atoms with van der Waals surface area (Å²) in [5.41, 5.74) is 0.485. The fourth-order valence-corrected chi connectivity index (χ4v) is 1.96. The standard InChI is InChI=1S/C10H4BrClFNO2/c11-6-3-8-4(1-5(6)10(15)16)2-7(13)9(12)14-8/h1-3H,(H,15,16). The Balaban J connectivity index is 2.79. The first-order valence-corrected chi connectivity index (χ1v) is 5.34. The maximum Gasteiger partial charge on any atom is 0.336 e. The van der Waals surface area contributed by atoms with Gasteiger partial charge in [0.25, 0.3) is 0 Å². The molecule has 0 bridgehead atoms. The van der Waals surface area contributed by atoms with Crippen LogP contribution in [0.4, 0.5) is 4.39 Å². The van der Waals surface area contributed by atoms with Gasteiger partial charge in [0.1, 0.15) is 0 Å². The largest absolute Gasteiger partial charge is 0.478 e. The SMILES string of the molecule is O=C(O)c1cc2cc(F)c(Cl)nc2cc1Br. The molecule has 82 valence electrons. The van der Waals surface area contributed by atoms with Gasteiger partial charge >= 0.3 is 5.97 Å². The Morgan fingerprint density at radius 1 is 1.44 bits per heavy atom. The van der Waals surface area contributed by atoms with Crippen LogP contribution in [0.25, 0.3) is 10.9 Å². The van der Waals surface area contributed by atoms with Gasteiger partial charge in [-0.05, 0) is 34.1 Å². The highest BCUT2D eigenvalue weighted by molar-refractivity contribution is 9.10. The second-order valence-corrected chi connectivity index (χ2v) is 4.30. The Kier molecular flexibility index (Phi) is 2.82. The molecule has 6 heteroatoms. The highest BCUT2D eigenvalue weighted by Crippen LogP contribution is 2.26. The minimum Gasteiger partial charge on any atom is -0.478 e. The van der Waals surface area contributed by atoms with E-state index in [0.29, 0.717) is 15.4 Å². The van der Waals surface area contributed by atoms with Gasteiger partial charge in [-0.1, -0.05) is 11.6 Å². The number of rotatable bonds is 1. The molecule has 1 aromatic heterocycles. The molecule has 2 rings (SSSR count). The van der Waals surface area contributed by atoms with Crippen LogP contribution < -0.4 is 0 Å². The van der Waals surface area contributed by atoms with Crippen LogP contribution in [0.2, 0.25) is 5.15 Å². The van der Waals surface area contributed by atoms with Crippen molar-refractivity contribution in [2.45, 2.75) is 0 Å². The Hall–Kier alpha value is -1.20. The molecular formula is C10H4BrClFNO2. The van der Waals surface area contributed by atoms with Crippen molar-refractivity contribution >= 4 is 44.4 Å². The van der Waals surface area contributed by atoms with E-state index in [1.807, 2.05) is 0 Å². The average molecular weight is 305 g/mol. The monoisotopic (exact) mass is 303 g/mol. The summed E-state index contributed by atoms with van der Waals surface area (Å²) in [7, 11) is 0. The minimum absolute atomic E-state index is 0.0519. The van der Waals surface area contributed by atoms with E-state index >= 15 is 0 Å². The van der Waals surface area contributed by atoms with Gasteiger partial charge in [-0.25, -0.2) is 14.2 Å². The molecule has 0 spiro atoms. The number of benzene rings is 1. The second kappa shape index (κ2) is 3.99. The number of carboxylic acid groups (broad SMARTS) is 1. The molecule has 16 heavy (non-hydrogen) atoms. The molecule has 1 N–H and O–H groups in total. The third kappa shape index (κ3) is 1.88. The van der Waals surface area contributed by atoms with Crippen LogP contribution in [0.1, 0.15) is 10.4 Å². The van der Waals surface area contributed by atoms with Crippen molar-refractivity contribution in [1.82, 2.24) is 4.98 Å². The van der Waals surface area contributed by atoms with E-state index in [-0.39, 0.29) is 10.7 Å². The number of hydrogen-bond acceptors (Lipinski definition) is 2. The van der Waals surface area contributed by atoms with E-state index in [1.165, 1.54) is 12.1 Å². The fourth-order valence-electron chi connectivity index (χ4n) is 1.31. The lowest BCUT2D eigenvalue weighted by Crippen LogP contribution is -1.98. The molecule has 1 heterocycles. The maximum atomic E-state index is 13.1. The van der Waals surface area contributed by atoms with Crippen molar-refractivity contribution in [2.24, 2.45) is 0 Å². The lowest BCUT2D eigenvalue weighted by Gasteiger charge is -2.03. The summed E-state index contributed by atoms with van der Waals surface area (Å²) in [4.78, 5) is 14.7. The predicted molar refractivity (Wildman–Crippen MR) is 61.4 cm³/mol. The highest BCUT2D eigenvalue weighted by atomic mass is 79.9. The predicted octanol–water partition coefficient (Wildman–Crippen LogP) is 3.49. The van der Waals surface area contributed by atoms with E-state index in [0.717, 1.165) is 6.07 Å². The van der Waals surface area contributed by atoms with Crippen molar-refractivity contribution < 1.29 is 14.3 Å². The lowest BCUT2D eigenvalue weighted by atomic mass is 10.1. The van der Waals surface area contributed by atoms with E-state index in [9.17, 15) is 9.18 Å². The number of carboxylic acids is 1. The average Bonchev–Trinajstić information content (AvgIpc) is 2.19. The van der Waals surface area contributed by atoms with E-state index in [1.54, 1.807) is 0 Å². The number of hydrogen-bond donors (Lipinski definition) is 1. The van der Waals surface area contributed by atoms with Crippen molar-refractivity contribution in [3.05, 3.63) is 39.2 Å². The van der Waals surface area contributed by atoms with Crippen LogP contribution in [0.15, 0.2) is 22.7 Å². The first-order valence-electron chi connectivity index (χ1n) is 4.17. The molecule has 0 amide bonds. The van der Waals surface area contributed by atoms with E-state index in [2.05, 4.69) is 20.9 Å². The Bertz CT molecular complexity index is 603. The first-order chi connectivity index (χ1) is 7.49. The third-order valence-corrected chi connectivity index (χ3v) is 2.97.